The van der Waals surface area contributed by atoms with Crippen LogP contribution in [0.1, 0.15) is 11.5 Å². The van der Waals surface area contributed by atoms with Crippen LogP contribution in [0.4, 0.5) is 5.82 Å². The Morgan fingerprint density at radius 1 is 1.24 bits per heavy atom. The van der Waals surface area contributed by atoms with Crippen molar-refractivity contribution in [2.75, 3.05) is 37.6 Å². The second-order valence-corrected chi connectivity index (χ2v) is 4.34. The molecule has 0 amide bonds. The number of piperazine rings is 1. The molecule has 5 heteroatoms. The lowest BCUT2D eigenvalue weighted by atomic mass is 10.3. The van der Waals surface area contributed by atoms with Gasteiger partial charge in [0.1, 0.15) is 11.6 Å². The monoisotopic (exact) mass is 231 g/mol. The highest BCUT2D eigenvalue weighted by Crippen LogP contribution is 2.14. The van der Waals surface area contributed by atoms with E-state index in [0.717, 1.165) is 43.5 Å². The van der Waals surface area contributed by atoms with Gasteiger partial charge >= 0.3 is 0 Å². The highest BCUT2D eigenvalue weighted by molar-refractivity contribution is 5.40. The molecule has 1 fully saturated rings. The van der Waals surface area contributed by atoms with Gasteiger partial charge in [-0.1, -0.05) is 0 Å². The molecule has 1 saturated heterocycles. The van der Waals surface area contributed by atoms with E-state index in [9.17, 15) is 0 Å². The maximum absolute atomic E-state index is 8.65. The molecule has 17 heavy (non-hydrogen) atoms. The average molecular weight is 231 g/mol. The second kappa shape index (κ2) is 5.11. The molecule has 0 radical (unpaired) electrons. The van der Waals surface area contributed by atoms with Crippen molar-refractivity contribution >= 4 is 5.82 Å². The van der Waals surface area contributed by atoms with Crippen LogP contribution in [0.3, 0.4) is 0 Å². The predicted octanol–water partition coefficient (Wildman–Crippen LogP) is 0.739. The first-order chi connectivity index (χ1) is 8.19. The lowest BCUT2D eigenvalue weighted by Crippen LogP contribution is -2.46. The number of nitrogens with zero attached hydrogens (tertiary/aromatic N) is 5. The Morgan fingerprint density at radius 2 is 1.94 bits per heavy atom. The van der Waals surface area contributed by atoms with E-state index in [4.69, 9.17) is 5.26 Å². The largest absolute Gasteiger partial charge is 0.354 e. The van der Waals surface area contributed by atoms with E-state index >= 15 is 0 Å². The summed E-state index contributed by atoms with van der Waals surface area (Å²) in [6.07, 6.45) is 0. The Morgan fingerprint density at radius 3 is 2.53 bits per heavy atom. The van der Waals surface area contributed by atoms with Gasteiger partial charge in [0.2, 0.25) is 0 Å². The fourth-order valence-electron chi connectivity index (χ4n) is 2.09. The summed E-state index contributed by atoms with van der Waals surface area (Å²) in [7, 11) is 0. The van der Waals surface area contributed by atoms with Crippen molar-refractivity contribution in [1.29, 1.82) is 5.26 Å². The summed E-state index contributed by atoms with van der Waals surface area (Å²) in [5.74, 6) is 1.83. The van der Waals surface area contributed by atoms with Crippen molar-refractivity contribution in [3.8, 4) is 6.07 Å². The molecule has 1 aromatic rings. The van der Waals surface area contributed by atoms with Crippen molar-refractivity contribution in [2.45, 2.75) is 13.8 Å². The van der Waals surface area contributed by atoms with Gasteiger partial charge in [-0.25, -0.2) is 9.97 Å². The van der Waals surface area contributed by atoms with Crippen LogP contribution < -0.4 is 4.90 Å². The van der Waals surface area contributed by atoms with E-state index in [2.05, 4.69) is 25.8 Å². The minimum absolute atomic E-state index is 0.523. The Hall–Kier alpha value is -1.67. The van der Waals surface area contributed by atoms with E-state index in [-0.39, 0.29) is 0 Å². The van der Waals surface area contributed by atoms with E-state index in [0.29, 0.717) is 6.54 Å². The molecule has 0 atom stereocenters. The zero-order valence-corrected chi connectivity index (χ0v) is 10.3. The fraction of sp³-hybridized carbons (Fsp3) is 0.583. The zero-order valence-electron chi connectivity index (χ0n) is 10.3. The molecule has 0 N–H and O–H groups in total. The highest BCUT2D eigenvalue weighted by atomic mass is 15.3. The van der Waals surface area contributed by atoms with Gasteiger partial charge < -0.3 is 4.90 Å². The van der Waals surface area contributed by atoms with Gasteiger partial charge in [-0.2, -0.15) is 5.26 Å². The first-order valence-corrected chi connectivity index (χ1v) is 5.85. The van der Waals surface area contributed by atoms with E-state index in [1.54, 1.807) is 0 Å². The van der Waals surface area contributed by atoms with Gasteiger partial charge in [-0.15, -0.1) is 0 Å². The highest BCUT2D eigenvalue weighted by Gasteiger charge is 2.17. The molecule has 0 saturated carbocycles. The minimum atomic E-state index is 0.523. The van der Waals surface area contributed by atoms with Gasteiger partial charge in [0.15, 0.2) is 0 Å². The summed E-state index contributed by atoms with van der Waals surface area (Å²) in [4.78, 5) is 13.2. The van der Waals surface area contributed by atoms with Gasteiger partial charge in [0.25, 0.3) is 0 Å². The molecule has 5 nitrogen and oxygen atoms in total. The Bertz CT molecular complexity index is 409. The number of anilines is 1. The number of hydrogen-bond donors (Lipinski definition) is 0. The Labute approximate surface area is 102 Å². The second-order valence-electron chi connectivity index (χ2n) is 4.34. The Balaban J connectivity index is 2.03. The van der Waals surface area contributed by atoms with Crippen LogP contribution in [0, 0.1) is 25.2 Å². The van der Waals surface area contributed by atoms with Crippen molar-refractivity contribution in [3.05, 3.63) is 17.6 Å². The SMILES string of the molecule is Cc1cc(N2CCN(CC#N)CC2)nc(C)n1. The fourth-order valence-corrected chi connectivity index (χ4v) is 2.09. The molecule has 0 spiro atoms. The molecule has 0 aliphatic carbocycles. The van der Waals surface area contributed by atoms with Crippen LogP contribution >= 0.6 is 0 Å². The number of nitriles is 1. The van der Waals surface area contributed by atoms with Crippen LogP contribution in [-0.4, -0.2) is 47.6 Å². The van der Waals surface area contributed by atoms with Crippen LogP contribution in [0.5, 0.6) is 0 Å². The van der Waals surface area contributed by atoms with Crippen LogP contribution in [0.15, 0.2) is 6.07 Å². The molecule has 1 aromatic heterocycles. The van der Waals surface area contributed by atoms with Crippen LogP contribution in [0.2, 0.25) is 0 Å². The molecule has 1 aliphatic heterocycles. The first kappa shape index (κ1) is 11.8. The van der Waals surface area contributed by atoms with E-state index in [1.807, 2.05) is 19.9 Å². The molecule has 0 bridgehead atoms. The van der Waals surface area contributed by atoms with Crippen molar-refractivity contribution < 1.29 is 0 Å². The molecule has 1 aliphatic rings. The number of rotatable bonds is 2. The third-order valence-electron chi connectivity index (χ3n) is 2.94. The average Bonchev–Trinajstić information content (AvgIpc) is 2.29. The lowest BCUT2D eigenvalue weighted by Gasteiger charge is -2.34. The summed E-state index contributed by atoms with van der Waals surface area (Å²) in [5, 5.41) is 8.65. The molecule has 0 aromatic carbocycles. The van der Waals surface area contributed by atoms with Gasteiger partial charge in [0, 0.05) is 37.9 Å². The Kier molecular flexibility index (Phi) is 3.55. The maximum atomic E-state index is 8.65. The zero-order chi connectivity index (χ0) is 12.3. The molecular formula is C12H17N5. The number of aryl methyl sites for hydroxylation is 2. The standard InChI is InChI=1S/C12H17N5/c1-10-9-12(15-11(2)14-10)17-7-5-16(4-3-13)6-8-17/h9H,4-8H2,1-2H3. The molecule has 0 unspecified atom stereocenters. The number of aromatic nitrogens is 2. The van der Waals surface area contributed by atoms with Gasteiger partial charge in [0.05, 0.1) is 12.6 Å². The molecule has 2 rings (SSSR count). The summed E-state index contributed by atoms with van der Waals surface area (Å²) in [6, 6.07) is 4.21. The van der Waals surface area contributed by atoms with Gasteiger partial charge in [-0.3, -0.25) is 4.90 Å². The van der Waals surface area contributed by atoms with Crippen molar-refractivity contribution in [2.24, 2.45) is 0 Å². The summed E-state index contributed by atoms with van der Waals surface area (Å²) >= 11 is 0. The summed E-state index contributed by atoms with van der Waals surface area (Å²) in [6.45, 7) is 8.14. The normalized spacial score (nSPS) is 16.9. The van der Waals surface area contributed by atoms with Gasteiger partial charge in [-0.05, 0) is 13.8 Å². The van der Waals surface area contributed by atoms with Crippen LogP contribution in [-0.2, 0) is 0 Å². The smallest absolute Gasteiger partial charge is 0.132 e. The quantitative estimate of drug-likeness (QED) is 0.703. The topological polar surface area (TPSA) is 56.0 Å². The first-order valence-electron chi connectivity index (χ1n) is 5.85. The van der Waals surface area contributed by atoms with Crippen molar-refractivity contribution in [1.82, 2.24) is 14.9 Å². The van der Waals surface area contributed by atoms with Crippen LogP contribution in [0.25, 0.3) is 0 Å². The summed E-state index contributed by atoms with van der Waals surface area (Å²) < 4.78 is 0. The third-order valence-corrected chi connectivity index (χ3v) is 2.94. The lowest BCUT2D eigenvalue weighted by molar-refractivity contribution is 0.286. The maximum Gasteiger partial charge on any atom is 0.132 e. The van der Waals surface area contributed by atoms with Crippen molar-refractivity contribution in [3.63, 3.8) is 0 Å². The van der Waals surface area contributed by atoms with E-state index < -0.39 is 0 Å². The number of hydrogen-bond acceptors (Lipinski definition) is 5. The summed E-state index contributed by atoms with van der Waals surface area (Å²) in [5.41, 5.74) is 1.01. The minimum Gasteiger partial charge on any atom is -0.354 e. The molecule has 2 heterocycles. The predicted molar refractivity (Wildman–Crippen MR) is 65.8 cm³/mol. The molecule has 90 valence electrons. The third kappa shape index (κ3) is 2.92. The van der Waals surface area contributed by atoms with E-state index in [1.165, 1.54) is 0 Å². The molecular weight excluding hydrogens is 214 g/mol.